The highest BCUT2D eigenvalue weighted by Crippen LogP contribution is 2.47. The minimum Gasteiger partial charge on any atom is -0.338 e. The number of nitrogens with one attached hydrogen (secondary N) is 1. The Balaban J connectivity index is 1.87. The molecule has 0 saturated heterocycles. The standard InChI is InChI=1S/C13H12F2N2O3S/c1-13(4-5-13)11-7-12(20-16-11)17-21(18,19)10-3-2-8(14)6-9(10)15/h2-3,6-7,17H,4-5H2,1H3. The monoisotopic (exact) mass is 314 g/mol. The predicted octanol–water partition coefficient (Wildman–Crippen LogP) is 2.81. The third-order valence-corrected chi connectivity index (χ3v) is 4.93. The Kier molecular flexibility index (Phi) is 3.01. The molecular formula is C13H12F2N2O3S. The highest BCUT2D eigenvalue weighted by Gasteiger charge is 2.42. The molecule has 0 atom stereocenters. The summed E-state index contributed by atoms with van der Waals surface area (Å²) < 4.78 is 57.5. The van der Waals surface area contributed by atoms with Crippen molar-refractivity contribution in [1.29, 1.82) is 0 Å². The Labute approximate surface area is 120 Å². The van der Waals surface area contributed by atoms with Gasteiger partial charge in [0, 0.05) is 17.5 Å². The molecule has 1 fully saturated rings. The molecule has 0 aliphatic heterocycles. The summed E-state index contributed by atoms with van der Waals surface area (Å²) in [5.41, 5.74) is 0.577. The number of sulfonamides is 1. The first-order chi connectivity index (χ1) is 9.80. The molecule has 112 valence electrons. The van der Waals surface area contributed by atoms with Crippen molar-refractivity contribution in [3.63, 3.8) is 0 Å². The van der Waals surface area contributed by atoms with E-state index >= 15 is 0 Å². The number of anilines is 1. The summed E-state index contributed by atoms with van der Waals surface area (Å²) in [7, 11) is -4.20. The van der Waals surface area contributed by atoms with Crippen LogP contribution in [-0.4, -0.2) is 13.6 Å². The lowest BCUT2D eigenvalue weighted by molar-refractivity contribution is 0.419. The third kappa shape index (κ3) is 2.63. The van der Waals surface area contributed by atoms with E-state index in [-0.39, 0.29) is 11.3 Å². The van der Waals surface area contributed by atoms with Gasteiger partial charge in [-0.3, -0.25) is 0 Å². The van der Waals surface area contributed by atoms with Crippen molar-refractivity contribution >= 4 is 15.9 Å². The van der Waals surface area contributed by atoms with Crippen molar-refractivity contribution in [3.8, 4) is 0 Å². The summed E-state index contributed by atoms with van der Waals surface area (Å²) in [5.74, 6) is -2.12. The van der Waals surface area contributed by atoms with Crippen molar-refractivity contribution in [2.45, 2.75) is 30.1 Å². The van der Waals surface area contributed by atoms with E-state index in [0.29, 0.717) is 11.8 Å². The van der Waals surface area contributed by atoms with Crippen molar-refractivity contribution in [1.82, 2.24) is 5.16 Å². The largest absolute Gasteiger partial charge is 0.338 e. The van der Waals surface area contributed by atoms with E-state index in [1.165, 1.54) is 6.07 Å². The number of benzene rings is 1. The highest BCUT2D eigenvalue weighted by atomic mass is 32.2. The molecule has 1 N–H and O–H groups in total. The second kappa shape index (κ2) is 4.52. The van der Waals surface area contributed by atoms with E-state index in [2.05, 4.69) is 9.88 Å². The quantitative estimate of drug-likeness (QED) is 0.942. The zero-order chi connectivity index (χ0) is 15.3. The van der Waals surface area contributed by atoms with E-state index in [4.69, 9.17) is 4.52 Å². The van der Waals surface area contributed by atoms with Crippen LogP contribution in [0.15, 0.2) is 33.7 Å². The van der Waals surface area contributed by atoms with Gasteiger partial charge in [0.1, 0.15) is 16.5 Å². The molecule has 1 aliphatic carbocycles. The predicted molar refractivity (Wildman–Crippen MR) is 70.3 cm³/mol. The molecule has 2 aromatic rings. The summed E-state index contributed by atoms with van der Waals surface area (Å²) in [6, 6.07) is 3.71. The van der Waals surface area contributed by atoms with Crippen LogP contribution in [0.5, 0.6) is 0 Å². The maximum atomic E-state index is 13.5. The molecule has 1 aromatic heterocycles. The van der Waals surface area contributed by atoms with Gasteiger partial charge < -0.3 is 4.52 Å². The van der Waals surface area contributed by atoms with Crippen molar-refractivity contribution in [2.24, 2.45) is 0 Å². The average molecular weight is 314 g/mol. The molecule has 0 unspecified atom stereocenters. The number of aromatic nitrogens is 1. The summed E-state index contributed by atoms with van der Waals surface area (Å²) in [6.45, 7) is 1.99. The maximum Gasteiger partial charge on any atom is 0.267 e. The van der Waals surface area contributed by atoms with Gasteiger partial charge in [-0.2, -0.15) is 0 Å². The Bertz CT molecular complexity index is 797. The molecule has 0 spiro atoms. The topological polar surface area (TPSA) is 72.2 Å². The fraction of sp³-hybridized carbons (Fsp3) is 0.308. The van der Waals surface area contributed by atoms with Crippen LogP contribution in [-0.2, 0) is 15.4 Å². The maximum absolute atomic E-state index is 13.5. The van der Waals surface area contributed by atoms with Gasteiger partial charge in [0.05, 0.1) is 5.69 Å². The lowest BCUT2D eigenvalue weighted by Gasteiger charge is -2.05. The van der Waals surface area contributed by atoms with E-state index in [1.54, 1.807) is 0 Å². The molecule has 0 radical (unpaired) electrons. The lowest BCUT2D eigenvalue weighted by Crippen LogP contribution is -2.14. The van der Waals surface area contributed by atoms with Gasteiger partial charge >= 0.3 is 0 Å². The summed E-state index contributed by atoms with van der Waals surface area (Å²) in [6.07, 6.45) is 1.91. The fourth-order valence-electron chi connectivity index (χ4n) is 1.93. The lowest BCUT2D eigenvalue weighted by atomic mass is 10.1. The number of halogens is 2. The highest BCUT2D eigenvalue weighted by molar-refractivity contribution is 7.92. The smallest absolute Gasteiger partial charge is 0.267 e. The molecule has 0 amide bonds. The van der Waals surface area contributed by atoms with Crippen molar-refractivity contribution in [3.05, 3.63) is 41.6 Å². The second-order valence-electron chi connectivity index (χ2n) is 5.32. The number of nitrogens with zero attached hydrogens (tertiary/aromatic N) is 1. The van der Waals surface area contributed by atoms with Crippen LogP contribution >= 0.6 is 0 Å². The Morgan fingerprint density at radius 1 is 1.29 bits per heavy atom. The van der Waals surface area contributed by atoms with Gasteiger partial charge in [0.25, 0.3) is 10.0 Å². The van der Waals surface area contributed by atoms with Gasteiger partial charge in [-0.25, -0.2) is 21.9 Å². The Morgan fingerprint density at radius 2 is 2.00 bits per heavy atom. The van der Waals surface area contributed by atoms with E-state index in [1.807, 2.05) is 6.92 Å². The van der Waals surface area contributed by atoms with Gasteiger partial charge in [-0.1, -0.05) is 12.1 Å². The van der Waals surface area contributed by atoms with Crippen molar-refractivity contribution in [2.75, 3.05) is 4.72 Å². The van der Waals surface area contributed by atoms with Crippen LogP contribution < -0.4 is 4.72 Å². The number of rotatable bonds is 4. The Hall–Kier alpha value is -1.96. The van der Waals surface area contributed by atoms with Gasteiger partial charge in [0.2, 0.25) is 5.88 Å². The van der Waals surface area contributed by atoms with Crippen LogP contribution in [0.2, 0.25) is 0 Å². The molecule has 0 bridgehead atoms. The summed E-state index contributed by atoms with van der Waals surface area (Å²) >= 11 is 0. The first kappa shape index (κ1) is 14.0. The van der Waals surface area contributed by atoms with Gasteiger partial charge in [-0.15, -0.1) is 0 Å². The minimum absolute atomic E-state index is 0.0751. The Morgan fingerprint density at radius 3 is 2.62 bits per heavy atom. The molecule has 1 saturated carbocycles. The van der Waals surface area contributed by atoms with Gasteiger partial charge in [-0.05, 0) is 25.0 Å². The first-order valence-electron chi connectivity index (χ1n) is 6.25. The summed E-state index contributed by atoms with van der Waals surface area (Å²) in [4.78, 5) is -0.653. The zero-order valence-corrected chi connectivity index (χ0v) is 11.9. The molecule has 1 heterocycles. The molecule has 5 nitrogen and oxygen atoms in total. The van der Waals surface area contributed by atoms with E-state index < -0.39 is 26.6 Å². The minimum atomic E-state index is -4.20. The zero-order valence-electron chi connectivity index (χ0n) is 11.1. The first-order valence-corrected chi connectivity index (χ1v) is 7.74. The average Bonchev–Trinajstić information content (AvgIpc) is 2.96. The van der Waals surface area contributed by atoms with Crippen LogP contribution in [0.3, 0.4) is 0 Å². The molecule has 1 aliphatic rings. The number of hydrogen-bond acceptors (Lipinski definition) is 4. The molecular weight excluding hydrogens is 302 g/mol. The normalized spacial score (nSPS) is 16.7. The molecule has 1 aromatic carbocycles. The van der Waals surface area contributed by atoms with Crippen LogP contribution in [0, 0.1) is 11.6 Å². The van der Waals surface area contributed by atoms with Crippen LogP contribution in [0.4, 0.5) is 14.7 Å². The number of hydrogen-bond donors (Lipinski definition) is 1. The molecule has 3 rings (SSSR count). The summed E-state index contributed by atoms with van der Waals surface area (Å²) in [5, 5.41) is 3.81. The van der Waals surface area contributed by atoms with E-state index in [0.717, 1.165) is 25.0 Å². The molecule has 8 heteroatoms. The van der Waals surface area contributed by atoms with Crippen LogP contribution in [0.25, 0.3) is 0 Å². The van der Waals surface area contributed by atoms with Gasteiger partial charge in [0.15, 0.2) is 0 Å². The third-order valence-electron chi connectivity index (χ3n) is 3.55. The SMILES string of the molecule is CC1(c2cc(NS(=O)(=O)c3ccc(F)cc3F)on2)CC1. The fourth-order valence-corrected chi connectivity index (χ4v) is 2.97. The van der Waals surface area contributed by atoms with Crippen LogP contribution in [0.1, 0.15) is 25.5 Å². The second-order valence-corrected chi connectivity index (χ2v) is 6.97. The molecule has 21 heavy (non-hydrogen) atoms. The van der Waals surface area contributed by atoms with Crippen molar-refractivity contribution < 1.29 is 21.7 Å². The van der Waals surface area contributed by atoms with E-state index in [9.17, 15) is 17.2 Å².